The summed E-state index contributed by atoms with van der Waals surface area (Å²) < 4.78 is 0. The van der Waals surface area contributed by atoms with Crippen LogP contribution >= 0.6 is 11.6 Å². The molecule has 0 saturated heterocycles. The zero-order valence-corrected chi connectivity index (χ0v) is 13.7. The number of hydrogen-bond acceptors (Lipinski definition) is 2. The number of Topliss-reactive ketones (excluding diaryl/α,β-unsaturated/α-hetero) is 1. The van der Waals surface area contributed by atoms with Crippen LogP contribution in [0.25, 0.3) is 0 Å². The van der Waals surface area contributed by atoms with E-state index in [1.807, 2.05) is 24.3 Å². The minimum atomic E-state index is 0.117. The summed E-state index contributed by atoms with van der Waals surface area (Å²) in [6, 6.07) is 14.4. The molecule has 0 spiro atoms. The average molecular weight is 324 g/mol. The minimum Gasteiger partial charge on any atom is -0.378 e. The third-order valence-electron chi connectivity index (χ3n) is 5.00. The van der Waals surface area contributed by atoms with Crippen LogP contribution in [0, 0.1) is 5.92 Å². The first-order valence-electron chi connectivity index (χ1n) is 7.97. The molecule has 1 heterocycles. The standard InChI is InChI=1S/C20H18ClNO/c1-12(23)14-7-10-19-18(11-14)16-3-2-4-17(16)20(22-19)13-5-8-15(21)9-6-13/h2-3,5-11,16-17,20,22H,4H2,1H3/t16-,17+,20-/m1/s1. The Balaban J connectivity index is 1.77. The largest absolute Gasteiger partial charge is 0.378 e. The number of rotatable bonds is 2. The molecule has 1 aliphatic carbocycles. The first kappa shape index (κ1) is 14.5. The van der Waals surface area contributed by atoms with E-state index in [0.717, 1.165) is 22.7 Å². The second kappa shape index (κ2) is 5.54. The number of ketones is 1. The first-order chi connectivity index (χ1) is 11.1. The summed E-state index contributed by atoms with van der Waals surface area (Å²) in [5.41, 5.74) is 4.41. The normalized spacial score (nSPS) is 24.7. The van der Waals surface area contributed by atoms with Crippen LogP contribution in [0.4, 0.5) is 5.69 Å². The number of benzene rings is 2. The Morgan fingerprint density at radius 1 is 1.17 bits per heavy atom. The van der Waals surface area contributed by atoms with Crippen molar-refractivity contribution in [2.75, 3.05) is 5.32 Å². The molecule has 3 heteroatoms. The molecule has 4 rings (SSSR count). The summed E-state index contributed by atoms with van der Waals surface area (Å²) in [6.45, 7) is 1.62. The quantitative estimate of drug-likeness (QED) is 0.594. The molecule has 2 aliphatic rings. The SMILES string of the molecule is CC(=O)c1ccc2c(c1)[C@@H]1C=CC[C@@H]1[C@@H](c1ccc(Cl)cc1)N2. The van der Waals surface area contributed by atoms with Crippen molar-refractivity contribution in [1.29, 1.82) is 0 Å². The molecular formula is C20H18ClNO. The molecule has 0 amide bonds. The monoisotopic (exact) mass is 323 g/mol. The van der Waals surface area contributed by atoms with E-state index >= 15 is 0 Å². The van der Waals surface area contributed by atoms with Crippen molar-refractivity contribution in [3.8, 4) is 0 Å². The highest BCUT2D eigenvalue weighted by Gasteiger charge is 2.37. The van der Waals surface area contributed by atoms with E-state index in [2.05, 4.69) is 35.7 Å². The summed E-state index contributed by atoms with van der Waals surface area (Å²) in [5.74, 6) is 0.961. The van der Waals surface area contributed by atoms with Crippen LogP contribution in [0.5, 0.6) is 0 Å². The molecule has 116 valence electrons. The number of anilines is 1. The topological polar surface area (TPSA) is 29.1 Å². The van der Waals surface area contributed by atoms with E-state index in [1.165, 1.54) is 11.1 Å². The Morgan fingerprint density at radius 2 is 1.96 bits per heavy atom. The molecule has 0 fully saturated rings. The van der Waals surface area contributed by atoms with E-state index in [9.17, 15) is 4.79 Å². The van der Waals surface area contributed by atoms with Gasteiger partial charge in [-0.25, -0.2) is 0 Å². The Morgan fingerprint density at radius 3 is 2.70 bits per heavy atom. The smallest absolute Gasteiger partial charge is 0.159 e. The van der Waals surface area contributed by atoms with Gasteiger partial charge in [0.25, 0.3) is 0 Å². The van der Waals surface area contributed by atoms with Crippen LogP contribution in [0.3, 0.4) is 0 Å². The molecule has 1 N–H and O–H groups in total. The zero-order chi connectivity index (χ0) is 16.0. The number of halogens is 1. The van der Waals surface area contributed by atoms with Crippen LogP contribution in [-0.2, 0) is 0 Å². The van der Waals surface area contributed by atoms with E-state index in [1.54, 1.807) is 6.92 Å². The summed E-state index contributed by atoms with van der Waals surface area (Å²) in [5, 5.41) is 4.44. The Kier molecular flexibility index (Phi) is 3.50. The molecular weight excluding hydrogens is 306 g/mol. The van der Waals surface area contributed by atoms with Gasteiger partial charge in [0.1, 0.15) is 0 Å². The third kappa shape index (κ3) is 2.47. The number of fused-ring (bicyclic) bond motifs is 3. The van der Waals surface area contributed by atoms with Gasteiger partial charge in [-0.3, -0.25) is 4.79 Å². The van der Waals surface area contributed by atoms with Crippen LogP contribution in [0.2, 0.25) is 5.02 Å². The second-order valence-electron chi connectivity index (χ2n) is 6.39. The molecule has 23 heavy (non-hydrogen) atoms. The van der Waals surface area contributed by atoms with Gasteiger partial charge in [-0.2, -0.15) is 0 Å². The van der Waals surface area contributed by atoms with Crippen LogP contribution in [-0.4, -0.2) is 5.78 Å². The molecule has 1 aliphatic heterocycles. The molecule has 0 radical (unpaired) electrons. The van der Waals surface area contributed by atoms with Gasteiger partial charge < -0.3 is 5.32 Å². The lowest BCUT2D eigenvalue weighted by molar-refractivity contribution is 0.101. The van der Waals surface area contributed by atoms with Gasteiger partial charge in [0.15, 0.2) is 5.78 Å². The number of carbonyl (C=O) groups is 1. The zero-order valence-electron chi connectivity index (χ0n) is 12.9. The van der Waals surface area contributed by atoms with E-state index < -0.39 is 0 Å². The number of nitrogens with one attached hydrogen (secondary N) is 1. The fourth-order valence-electron chi connectivity index (χ4n) is 3.81. The highest BCUT2D eigenvalue weighted by Crippen LogP contribution is 2.49. The maximum Gasteiger partial charge on any atom is 0.159 e. The van der Waals surface area contributed by atoms with E-state index in [0.29, 0.717) is 11.8 Å². The molecule has 0 bridgehead atoms. The maximum absolute atomic E-state index is 11.7. The number of allylic oxidation sites excluding steroid dienone is 2. The van der Waals surface area contributed by atoms with Crippen molar-refractivity contribution in [1.82, 2.24) is 0 Å². The van der Waals surface area contributed by atoms with Crippen LogP contribution < -0.4 is 5.32 Å². The fourth-order valence-corrected chi connectivity index (χ4v) is 3.94. The molecule has 2 aromatic rings. The van der Waals surface area contributed by atoms with Crippen molar-refractivity contribution < 1.29 is 4.79 Å². The molecule has 0 unspecified atom stereocenters. The van der Waals surface area contributed by atoms with Gasteiger partial charge in [0, 0.05) is 22.2 Å². The van der Waals surface area contributed by atoms with Gasteiger partial charge in [-0.05, 0) is 60.7 Å². The lowest BCUT2D eigenvalue weighted by atomic mass is 9.76. The predicted molar refractivity (Wildman–Crippen MR) is 94.3 cm³/mol. The van der Waals surface area contributed by atoms with Crippen molar-refractivity contribution >= 4 is 23.1 Å². The number of hydrogen-bond donors (Lipinski definition) is 1. The second-order valence-corrected chi connectivity index (χ2v) is 6.82. The van der Waals surface area contributed by atoms with E-state index in [4.69, 9.17) is 11.6 Å². The predicted octanol–water partition coefficient (Wildman–Crippen LogP) is 5.37. The van der Waals surface area contributed by atoms with Gasteiger partial charge in [0.2, 0.25) is 0 Å². The molecule has 2 nitrogen and oxygen atoms in total. The van der Waals surface area contributed by atoms with Crippen LogP contribution in [0.15, 0.2) is 54.6 Å². The first-order valence-corrected chi connectivity index (χ1v) is 8.35. The van der Waals surface area contributed by atoms with Crippen LogP contribution in [0.1, 0.15) is 46.8 Å². The van der Waals surface area contributed by atoms with Gasteiger partial charge >= 0.3 is 0 Å². The Hall–Kier alpha value is -2.06. The van der Waals surface area contributed by atoms with E-state index in [-0.39, 0.29) is 11.8 Å². The maximum atomic E-state index is 11.7. The molecule has 0 saturated carbocycles. The van der Waals surface area contributed by atoms with Gasteiger partial charge in [-0.1, -0.05) is 35.9 Å². The third-order valence-corrected chi connectivity index (χ3v) is 5.25. The molecule has 3 atom stereocenters. The highest BCUT2D eigenvalue weighted by atomic mass is 35.5. The Labute approximate surface area is 141 Å². The lowest BCUT2D eigenvalue weighted by Gasteiger charge is -2.37. The summed E-state index contributed by atoms with van der Waals surface area (Å²) in [6.07, 6.45) is 5.60. The average Bonchev–Trinajstić information content (AvgIpc) is 3.04. The summed E-state index contributed by atoms with van der Waals surface area (Å²) >= 11 is 6.03. The Bertz CT molecular complexity index is 794. The lowest BCUT2D eigenvalue weighted by Crippen LogP contribution is -2.29. The van der Waals surface area contributed by atoms with Crippen molar-refractivity contribution in [2.24, 2.45) is 5.92 Å². The highest BCUT2D eigenvalue weighted by molar-refractivity contribution is 6.30. The van der Waals surface area contributed by atoms with Gasteiger partial charge in [0.05, 0.1) is 6.04 Å². The minimum absolute atomic E-state index is 0.117. The van der Waals surface area contributed by atoms with Crippen molar-refractivity contribution in [3.63, 3.8) is 0 Å². The summed E-state index contributed by atoms with van der Waals surface area (Å²) in [4.78, 5) is 11.7. The fraction of sp³-hybridized carbons (Fsp3) is 0.250. The molecule has 0 aromatic heterocycles. The van der Waals surface area contributed by atoms with Crippen molar-refractivity contribution in [2.45, 2.75) is 25.3 Å². The van der Waals surface area contributed by atoms with Crippen molar-refractivity contribution in [3.05, 3.63) is 76.3 Å². The summed E-state index contributed by atoms with van der Waals surface area (Å²) in [7, 11) is 0. The van der Waals surface area contributed by atoms with Gasteiger partial charge in [-0.15, -0.1) is 0 Å². The number of carbonyl (C=O) groups excluding carboxylic acids is 1. The molecule has 2 aromatic carbocycles.